The van der Waals surface area contributed by atoms with Gasteiger partial charge >= 0.3 is 0 Å². The Bertz CT molecular complexity index is 765. The largest absolute Gasteiger partial charge is 0.370 e. The number of aromatic nitrogens is 2. The van der Waals surface area contributed by atoms with Crippen LogP contribution >= 0.6 is 0 Å². The summed E-state index contributed by atoms with van der Waals surface area (Å²) in [5.41, 5.74) is 1.84. The number of amides is 1. The maximum Gasteiger partial charge on any atom is 0.271 e. The van der Waals surface area contributed by atoms with E-state index in [1.54, 1.807) is 16.9 Å². The third kappa shape index (κ3) is 4.39. The van der Waals surface area contributed by atoms with E-state index in [9.17, 15) is 4.79 Å². The fourth-order valence-corrected chi connectivity index (χ4v) is 4.20. The summed E-state index contributed by atoms with van der Waals surface area (Å²) in [4.78, 5) is 14.7. The first-order valence-electron chi connectivity index (χ1n) is 9.84. The van der Waals surface area contributed by atoms with Gasteiger partial charge in [0, 0.05) is 39.4 Å². The van der Waals surface area contributed by atoms with E-state index in [1.807, 2.05) is 7.05 Å². The van der Waals surface area contributed by atoms with Gasteiger partial charge in [-0.2, -0.15) is 5.10 Å². The number of piperidine rings is 1. The number of rotatable bonds is 5. The Balaban J connectivity index is 1.23. The lowest BCUT2D eigenvalue weighted by atomic mass is 9.88. The molecule has 1 spiro atoms. The molecule has 6 heteroatoms. The second-order valence-electron chi connectivity index (χ2n) is 7.81. The number of nitrogens with zero attached hydrogens (tertiary/aromatic N) is 3. The number of nitrogens with one attached hydrogen (secondary N) is 1. The number of ether oxygens (including phenoxy) is 1. The second-order valence-corrected chi connectivity index (χ2v) is 7.81. The fourth-order valence-electron chi connectivity index (χ4n) is 4.20. The van der Waals surface area contributed by atoms with Gasteiger partial charge in [0.15, 0.2) is 0 Å². The maximum absolute atomic E-state index is 12.1. The van der Waals surface area contributed by atoms with Crippen LogP contribution in [0.4, 0.5) is 0 Å². The highest BCUT2D eigenvalue weighted by atomic mass is 16.5. The van der Waals surface area contributed by atoms with E-state index in [4.69, 9.17) is 4.74 Å². The van der Waals surface area contributed by atoms with E-state index in [0.717, 1.165) is 45.3 Å². The van der Waals surface area contributed by atoms with Crippen molar-refractivity contribution in [2.24, 2.45) is 7.05 Å². The summed E-state index contributed by atoms with van der Waals surface area (Å²) in [6.07, 6.45) is 6.14. The molecule has 1 aromatic carbocycles. The SMILES string of the molecule is Cn1ccc(C(=O)NCC2CCC3(CCN(Cc4ccccc4)CC3)O2)n1. The summed E-state index contributed by atoms with van der Waals surface area (Å²) in [5, 5.41) is 7.11. The Labute approximate surface area is 160 Å². The molecule has 1 amide bonds. The molecular weight excluding hydrogens is 340 g/mol. The van der Waals surface area contributed by atoms with Crippen LogP contribution in [0.25, 0.3) is 0 Å². The zero-order valence-electron chi connectivity index (χ0n) is 15.9. The molecule has 1 unspecified atom stereocenters. The Kier molecular flexibility index (Phi) is 5.27. The van der Waals surface area contributed by atoms with Crippen LogP contribution in [0.2, 0.25) is 0 Å². The van der Waals surface area contributed by atoms with Crippen molar-refractivity contribution in [3.05, 3.63) is 53.9 Å². The molecular formula is C21H28N4O2. The van der Waals surface area contributed by atoms with Gasteiger partial charge in [0.05, 0.1) is 11.7 Å². The van der Waals surface area contributed by atoms with Crippen molar-refractivity contribution < 1.29 is 9.53 Å². The highest BCUT2D eigenvalue weighted by molar-refractivity contribution is 5.92. The van der Waals surface area contributed by atoms with Crippen molar-refractivity contribution in [1.82, 2.24) is 20.0 Å². The predicted molar refractivity (Wildman–Crippen MR) is 103 cm³/mol. The summed E-state index contributed by atoms with van der Waals surface area (Å²) < 4.78 is 8.05. The topological polar surface area (TPSA) is 59.4 Å². The van der Waals surface area contributed by atoms with Gasteiger partial charge in [-0.15, -0.1) is 0 Å². The minimum Gasteiger partial charge on any atom is -0.370 e. The molecule has 144 valence electrons. The van der Waals surface area contributed by atoms with Crippen LogP contribution in [0.3, 0.4) is 0 Å². The Morgan fingerprint density at radius 2 is 2.00 bits per heavy atom. The van der Waals surface area contributed by atoms with E-state index < -0.39 is 0 Å². The van der Waals surface area contributed by atoms with E-state index in [0.29, 0.717) is 12.2 Å². The first-order valence-corrected chi connectivity index (χ1v) is 9.84. The monoisotopic (exact) mass is 368 g/mol. The molecule has 27 heavy (non-hydrogen) atoms. The number of hydrogen-bond donors (Lipinski definition) is 1. The number of carbonyl (C=O) groups is 1. The van der Waals surface area contributed by atoms with Gasteiger partial charge in [0.2, 0.25) is 0 Å². The smallest absolute Gasteiger partial charge is 0.271 e. The zero-order valence-corrected chi connectivity index (χ0v) is 15.9. The molecule has 0 radical (unpaired) electrons. The first kappa shape index (κ1) is 18.2. The average Bonchev–Trinajstić information content (AvgIpc) is 3.30. The normalized spacial score (nSPS) is 22.2. The molecule has 2 saturated heterocycles. The number of hydrogen-bond acceptors (Lipinski definition) is 4. The van der Waals surface area contributed by atoms with Crippen LogP contribution < -0.4 is 5.32 Å². The summed E-state index contributed by atoms with van der Waals surface area (Å²) in [6.45, 7) is 3.72. The first-order chi connectivity index (χ1) is 13.1. The molecule has 3 heterocycles. The molecule has 2 fully saturated rings. The molecule has 1 atom stereocenters. The van der Waals surface area contributed by atoms with Gasteiger partial charge in [-0.1, -0.05) is 30.3 Å². The minimum atomic E-state index is -0.127. The fraction of sp³-hybridized carbons (Fsp3) is 0.524. The van der Waals surface area contributed by atoms with Crippen molar-refractivity contribution in [2.45, 2.75) is 43.9 Å². The van der Waals surface area contributed by atoms with Gasteiger partial charge in [-0.25, -0.2) is 0 Å². The van der Waals surface area contributed by atoms with Gasteiger partial charge in [-0.05, 0) is 37.3 Å². The molecule has 6 nitrogen and oxygen atoms in total. The van der Waals surface area contributed by atoms with Gasteiger partial charge < -0.3 is 10.1 Å². The van der Waals surface area contributed by atoms with Crippen LogP contribution in [0.1, 0.15) is 41.7 Å². The molecule has 2 aromatic rings. The van der Waals surface area contributed by atoms with E-state index >= 15 is 0 Å². The van der Waals surface area contributed by atoms with E-state index in [-0.39, 0.29) is 17.6 Å². The molecule has 4 rings (SSSR count). The van der Waals surface area contributed by atoms with Crippen molar-refractivity contribution in [3.8, 4) is 0 Å². The lowest BCUT2D eigenvalue weighted by Gasteiger charge is -2.39. The molecule has 0 bridgehead atoms. The zero-order chi connectivity index (χ0) is 18.7. The Morgan fingerprint density at radius 1 is 1.22 bits per heavy atom. The number of likely N-dealkylation sites (tertiary alicyclic amines) is 1. The number of carbonyl (C=O) groups excluding carboxylic acids is 1. The van der Waals surface area contributed by atoms with Crippen LogP contribution in [0.15, 0.2) is 42.6 Å². The summed E-state index contributed by atoms with van der Waals surface area (Å²) >= 11 is 0. The lowest BCUT2D eigenvalue weighted by molar-refractivity contribution is -0.0764. The van der Waals surface area contributed by atoms with Crippen LogP contribution in [0, 0.1) is 0 Å². The minimum absolute atomic E-state index is 0.00752. The van der Waals surface area contributed by atoms with Gasteiger partial charge in [0.25, 0.3) is 5.91 Å². The third-order valence-corrected chi connectivity index (χ3v) is 5.79. The van der Waals surface area contributed by atoms with Crippen molar-refractivity contribution in [2.75, 3.05) is 19.6 Å². The van der Waals surface area contributed by atoms with E-state index in [2.05, 4.69) is 45.6 Å². The van der Waals surface area contributed by atoms with Crippen molar-refractivity contribution in [3.63, 3.8) is 0 Å². The lowest BCUT2D eigenvalue weighted by Crippen LogP contribution is -2.44. The molecule has 1 aromatic heterocycles. The second kappa shape index (κ2) is 7.82. The van der Waals surface area contributed by atoms with Crippen LogP contribution in [-0.2, 0) is 18.3 Å². The summed E-state index contributed by atoms with van der Waals surface area (Å²) in [7, 11) is 1.81. The van der Waals surface area contributed by atoms with Gasteiger partial charge in [-0.3, -0.25) is 14.4 Å². The number of aryl methyl sites for hydroxylation is 1. The molecule has 0 saturated carbocycles. The van der Waals surface area contributed by atoms with E-state index in [1.165, 1.54) is 5.56 Å². The highest BCUT2D eigenvalue weighted by Crippen LogP contribution is 2.39. The Hall–Kier alpha value is -2.18. The number of benzene rings is 1. The van der Waals surface area contributed by atoms with Crippen LogP contribution in [-0.4, -0.2) is 51.9 Å². The average molecular weight is 368 g/mol. The van der Waals surface area contributed by atoms with Crippen LogP contribution in [0.5, 0.6) is 0 Å². The van der Waals surface area contributed by atoms with Crippen molar-refractivity contribution in [1.29, 1.82) is 0 Å². The standard InChI is InChI=1S/C21H28N4O2/c1-24-12-8-19(23-24)20(26)22-15-18-7-9-21(27-18)10-13-25(14-11-21)16-17-5-3-2-4-6-17/h2-6,8,12,18H,7,9-11,13-16H2,1H3,(H,22,26). The summed E-state index contributed by atoms with van der Waals surface area (Å²) in [5.74, 6) is -0.127. The maximum atomic E-state index is 12.1. The summed E-state index contributed by atoms with van der Waals surface area (Å²) in [6, 6.07) is 12.4. The Morgan fingerprint density at radius 3 is 2.70 bits per heavy atom. The van der Waals surface area contributed by atoms with Crippen molar-refractivity contribution >= 4 is 5.91 Å². The quantitative estimate of drug-likeness (QED) is 0.880. The van der Waals surface area contributed by atoms with Gasteiger partial charge in [0.1, 0.15) is 5.69 Å². The molecule has 0 aliphatic carbocycles. The molecule has 2 aliphatic rings. The third-order valence-electron chi connectivity index (χ3n) is 5.79. The molecule has 1 N–H and O–H groups in total. The molecule has 2 aliphatic heterocycles. The highest BCUT2D eigenvalue weighted by Gasteiger charge is 2.42. The predicted octanol–water partition coefficient (Wildman–Crippen LogP) is 2.36.